The van der Waals surface area contributed by atoms with Crippen molar-refractivity contribution in [3.63, 3.8) is 0 Å². The van der Waals surface area contributed by atoms with E-state index in [-0.39, 0.29) is 6.54 Å². The van der Waals surface area contributed by atoms with Gasteiger partial charge in [0, 0.05) is 11.0 Å². The topological polar surface area (TPSA) is 66.8 Å². The summed E-state index contributed by atoms with van der Waals surface area (Å²) in [7, 11) is -4.04. The summed E-state index contributed by atoms with van der Waals surface area (Å²) in [5.74, 6) is -0.831. The van der Waals surface area contributed by atoms with Crippen molar-refractivity contribution < 1.29 is 17.6 Å². The van der Waals surface area contributed by atoms with Crippen LogP contribution in [-0.2, 0) is 14.8 Å². The second-order valence-electron chi connectivity index (χ2n) is 4.74. The van der Waals surface area contributed by atoms with E-state index in [1.165, 1.54) is 18.2 Å². The van der Waals surface area contributed by atoms with Crippen molar-refractivity contribution in [3.8, 4) is 0 Å². The summed E-state index contributed by atoms with van der Waals surface area (Å²) in [5, 5.41) is 0. The monoisotopic (exact) mass is 376 g/mol. The number of benzene rings is 1. The Morgan fingerprint density at radius 2 is 2.10 bits per heavy atom. The van der Waals surface area contributed by atoms with Crippen molar-refractivity contribution in [2.45, 2.75) is 36.7 Å². The molecule has 114 valence electrons. The zero-order valence-electron chi connectivity index (χ0n) is 11.1. The van der Waals surface area contributed by atoms with E-state index in [9.17, 15) is 17.6 Å². The smallest absolute Gasteiger partial charge is 0.211 e. The molecule has 0 aliphatic carbocycles. The minimum Gasteiger partial charge on any atom is -0.211 e. The van der Waals surface area contributed by atoms with Gasteiger partial charge < -0.3 is 0 Å². The van der Waals surface area contributed by atoms with E-state index in [1.807, 2.05) is 0 Å². The molecule has 1 fully saturated rings. The quantitative estimate of drug-likeness (QED) is 0.601. The molecule has 0 spiro atoms. The van der Waals surface area contributed by atoms with Gasteiger partial charge in [0.15, 0.2) is 0 Å². The zero-order valence-corrected chi connectivity index (χ0v) is 13.5. The molecule has 0 saturated carbocycles. The Hall–Kier alpha value is -1.08. The van der Waals surface area contributed by atoms with Crippen LogP contribution in [-0.4, -0.2) is 31.5 Å². The van der Waals surface area contributed by atoms with Gasteiger partial charge in [0.1, 0.15) is 16.9 Å². The Morgan fingerprint density at radius 1 is 1.33 bits per heavy atom. The Kier molecular flexibility index (Phi) is 5.27. The van der Waals surface area contributed by atoms with Crippen LogP contribution >= 0.6 is 15.9 Å². The lowest BCUT2D eigenvalue weighted by molar-refractivity contribution is 0.329. The fraction of sp³-hybridized carbons (Fsp3) is 0.462. The molecule has 2 rings (SSSR count). The molecule has 1 aliphatic heterocycles. The summed E-state index contributed by atoms with van der Waals surface area (Å²) in [6.45, 7) is 0.216. The van der Waals surface area contributed by atoms with Crippen molar-refractivity contribution in [2.75, 3.05) is 6.54 Å². The van der Waals surface area contributed by atoms with E-state index >= 15 is 0 Å². The van der Waals surface area contributed by atoms with Gasteiger partial charge in [-0.15, -0.1) is 0 Å². The third kappa shape index (κ3) is 3.58. The molecule has 0 aromatic heterocycles. The van der Waals surface area contributed by atoms with Crippen LogP contribution in [0.5, 0.6) is 0 Å². The highest BCUT2D eigenvalue weighted by Crippen LogP contribution is 2.28. The van der Waals surface area contributed by atoms with E-state index in [0.29, 0.717) is 17.3 Å². The van der Waals surface area contributed by atoms with Crippen LogP contribution in [0, 0.1) is 5.82 Å². The van der Waals surface area contributed by atoms with E-state index in [0.717, 1.165) is 23.2 Å². The number of halogens is 2. The van der Waals surface area contributed by atoms with Crippen molar-refractivity contribution in [1.29, 1.82) is 0 Å². The first-order valence-corrected chi connectivity index (χ1v) is 8.74. The Labute approximate surface area is 131 Å². The van der Waals surface area contributed by atoms with Crippen LogP contribution in [0.4, 0.5) is 4.39 Å². The third-order valence-electron chi connectivity index (χ3n) is 3.36. The number of carbonyl (C=O) groups excluding carboxylic acids is 1. The predicted octanol–water partition coefficient (Wildman–Crippen LogP) is 2.81. The summed E-state index contributed by atoms with van der Waals surface area (Å²) >= 11 is 3.09. The molecule has 21 heavy (non-hydrogen) atoms. The van der Waals surface area contributed by atoms with Gasteiger partial charge in [0.05, 0.1) is 0 Å². The van der Waals surface area contributed by atoms with Crippen LogP contribution in [0.15, 0.2) is 32.6 Å². The maximum absolute atomic E-state index is 14.0. The van der Waals surface area contributed by atoms with Gasteiger partial charge in [0.25, 0.3) is 0 Å². The molecule has 0 radical (unpaired) electrons. The van der Waals surface area contributed by atoms with E-state index in [1.54, 1.807) is 0 Å². The number of hydrogen-bond acceptors (Lipinski definition) is 4. The van der Waals surface area contributed by atoms with E-state index < -0.39 is 26.9 Å². The summed E-state index contributed by atoms with van der Waals surface area (Å²) in [5.41, 5.74) is 0. The number of hydrogen-bond donors (Lipinski definition) is 0. The number of sulfonamides is 1. The molecule has 0 amide bonds. The minimum absolute atomic E-state index is 0.216. The third-order valence-corrected chi connectivity index (χ3v) is 5.78. The molecule has 1 atom stereocenters. The number of rotatable bonds is 3. The first kappa shape index (κ1) is 16.3. The summed E-state index contributed by atoms with van der Waals surface area (Å²) in [6, 6.07) is 3.77. The Balaban J connectivity index is 2.46. The van der Waals surface area contributed by atoms with E-state index in [2.05, 4.69) is 20.9 Å². The molecule has 1 unspecified atom stereocenters. The maximum atomic E-state index is 14.0. The molecular weight excluding hydrogens is 363 g/mol. The summed E-state index contributed by atoms with van der Waals surface area (Å²) in [4.78, 5) is 13.7. The second-order valence-corrected chi connectivity index (χ2v) is 7.52. The molecule has 1 aromatic rings. The predicted molar refractivity (Wildman–Crippen MR) is 78.4 cm³/mol. The van der Waals surface area contributed by atoms with Crippen LogP contribution in [0.2, 0.25) is 0 Å². The van der Waals surface area contributed by atoms with Crippen LogP contribution in [0.1, 0.15) is 25.7 Å². The molecule has 1 heterocycles. The molecule has 1 aliphatic rings. The number of aliphatic imine (C=N–C) groups is 1. The fourth-order valence-corrected chi connectivity index (χ4v) is 4.32. The fourth-order valence-electron chi connectivity index (χ4n) is 2.35. The minimum atomic E-state index is -4.04. The highest BCUT2D eigenvalue weighted by atomic mass is 79.9. The second kappa shape index (κ2) is 6.79. The van der Waals surface area contributed by atoms with Crippen molar-refractivity contribution in [2.24, 2.45) is 4.99 Å². The molecule has 8 heteroatoms. The zero-order chi connectivity index (χ0) is 15.5. The molecule has 0 N–H and O–H groups in total. The van der Waals surface area contributed by atoms with Gasteiger partial charge in [-0.25, -0.2) is 17.6 Å². The van der Waals surface area contributed by atoms with Gasteiger partial charge in [-0.2, -0.15) is 9.30 Å². The lowest BCUT2D eigenvalue weighted by atomic mass is 10.2. The standard InChI is InChI=1S/C13H14BrFN2O3S/c14-10-5-6-12(11(15)8-10)21(19,20)17-7-3-1-2-4-13(17)16-9-18/h5-6,8,13H,1-4,7H2. The van der Waals surface area contributed by atoms with Gasteiger partial charge in [-0.3, -0.25) is 0 Å². The lowest BCUT2D eigenvalue weighted by Crippen LogP contribution is -2.39. The average molecular weight is 377 g/mol. The van der Waals surface area contributed by atoms with Crippen molar-refractivity contribution in [3.05, 3.63) is 28.5 Å². The first-order chi connectivity index (χ1) is 9.96. The number of isocyanates is 1. The van der Waals surface area contributed by atoms with E-state index in [4.69, 9.17) is 0 Å². The Morgan fingerprint density at radius 3 is 2.76 bits per heavy atom. The van der Waals surface area contributed by atoms with Crippen LogP contribution < -0.4 is 0 Å². The number of nitrogens with zero attached hydrogens (tertiary/aromatic N) is 2. The van der Waals surface area contributed by atoms with Gasteiger partial charge in [-0.1, -0.05) is 22.4 Å². The molecule has 1 saturated heterocycles. The Bertz CT molecular complexity index is 674. The normalized spacial score (nSPS) is 20.6. The van der Waals surface area contributed by atoms with Crippen LogP contribution in [0.3, 0.4) is 0 Å². The average Bonchev–Trinajstić information content (AvgIpc) is 2.64. The molecular formula is C13H14BrFN2O3S. The van der Waals surface area contributed by atoms with Gasteiger partial charge in [-0.05, 0) is 37.5 Å². The SMILES string of the molecule is O=C=NC1CCCCCN1S(=O)(=O)c1ccc(Br)cc1F. The highest BCUT2D eigenvalue weighted by Gasteiger charge is 2.34. The lowest BCUT2D eigenvalue weighted by Gasteiger charge is -2.25. The van der Waals surface area contributed by atoms with Gasteiger partial charge >= 0.3 is 0 Å². The maximum Gasteiger partial charge on any atom is 0.247 e. The summed E-state index contributed by atoms with van der Waals surface area (Å²) < 4.78 is 40.8. The first-order valence-electron chi connectivity index (χ1n) is 6.50. The molecule has 0 bridgehead atoms. The van der Waals surface area contributed by atoms with Crippen molar-refractivity contribution >= 4 is 32.0 Å². The molecule has 5 nitrogen and oxygen atoms in total. The van der Waals surface area contributed by atoms with Gasteiger partial charge in [0.2, 0.25) is 16.1 Å². The largest absolute Gasteiger partial charge is 0.247 e. The molecule has 1 aromatic carbocycles. The van der Waals surface area contributed by atoms with Crippen LogP contribution in [0.25, 0.3) is 0 Å². The van der Waals surface area contributed by atoms with Crippen molar-refractivity contribution in [1.82, 2.24) is 4.31 Å². The highest BCUT2D eigenvalue weighted by molar-refractivity contribution is 9.10. The summed E-state index contributed by atoms with van der Waals surface area (Å²) in [6.07, 6.45) is 3.31.